The average Bonchev–Trinajstić information content (AvgIpc) is 2.38. The van der Waals surface area contributed by atoms with E-state index in [4.69, 9.17) is 0 Å². The van der Waals surface area contributed by atoms with Crippen LogP contribution in [0, 0.1) is 5.92 Å². The number of hydrogen-bond donors (Lipinski definition) is 2. The van der Waals surface area contributed by atoms with Gasteiger partial charge in [-0.15, -0.1) is 0 Å². The molecule has 0 aromatic carbocycles. The summed E-state index contributed by atoms with van der Waals surface area (Å²) in [6, 6.07) is 1.99. The molecule has 19 heavy (non-hydrogen) atoms. The Morgan fingerprint density at radius 2 is 2.37 bits per heavy atom. The quantitative estimate of drug-likeness (QED) is 0.814. The Hall–Kier alpha value is -0.810. The standard InChI is InChI=1S/C14H23N3OS/c1-3-7-15-11-5-4-10(2)9-12(11)19-14-16-8-6-13(18)17-14/h6,8,10-12,15H,3-5,7,9H2,1-2H3,(H,16,17,18). The fourth-order valence-corrected chi connectivity index (χ4v) is 3.97. The summed E-state index contributed by atoms with van der Waals surface area (Å²) in [5.41, 5.74) is -0.0700. The van der Waals surface area contributed by atoms with Crippen LogP contribution in [-0.2, 0) is 0 Å². The molecule has 3 unspecified atom stereocenters. The molecular weight excluding hydrogens is 258 g/mol. The van der Waals surface area contributed by atoms with Gasteiger partial charge in [0.1, 0.15) is 0 Å². The van der Waals surface area contributed by atoms with E-state index in [0.29, 0.717) is 11.3 Å². The molecule has 4 nitrogen and oxygen atoms in total. The van der Waals surface area contributed by atoms with E-state index in [2.05, 4.69) is 29.1 Å². The highest BCUT2D eigenvalue weighted by atomic mass is 32.2. The van der Waals surface area contributed by atoms with Crippen molar-refractivity contribution >= 4 is 11.8 Å². The Morgan fingerprint density at radius 1 is 1.53 bits per heavy atom. The van der Waals surface area contributed by atoms with E-state index in [1.54, 1.807) is 18.0 Å². The molecule has 0 aliphatic heterocycles. The van der Waals surface area contributed by atoms with Crippen LogP contribution in [0.3, 0.4) is 0 Å². The highest BCUT2D eigenvalue weighted by Gasteiger charge is 2.29. The minimum absolute atomic E-state index is 0.0700. The van der Waals surface area contributed by atoms with Crippen LogP contribution in [0.1, 0.15) is 39.5 Å². The maximum atomic E-state index is 11.3. The predicted molar refractivity (Wildman–Crippen MR) is 79.6 cm³/mol. The number of nitrogens with zero attached hydrogens (tertiary/aromatic N) is 1. The van der Waals surface area contributed by atoms with Crippen molar-refractivity contribution in [3.8, 4) is 0 Å². The molecule has 106 valence electrons. The SMILES string of the molecule is CCCNC1CCC(C)CC1Sc1nccc(=O)[nH]1. The monoisotopic (exact) mass is 281 g/mol. The summed E-state index contributed by atoms with van der Waals surface area (Å²) in [6.45, 7) is 5.57. The van der Waals surface area contributed by atoms with Gasteiger partial charge in [0.25, 0.3) is 5.56 Å². The van der Waals surface area contributed by atoms with E-state index >= 15 is 0 Å². The van der Waals surface area contributed by atoms with Gasteiger partial charge in [0.05, 0.1) is 0 Å². The molecule has 1 aliphatic rings. The molecule has 1 fully saturated rings. The van der Waals surface area contributed by atoms with E-state index in [0.717, 1.165) is 24.0 Å². The molecule has 1 aromatic rings. The number of thioether (sulfide) groups is 1. The zero-order chi connectivity index (χ0) is 13.7. The van der Waals surface area contributed by atoms with Crippen LogP contribution >= 0.6 is 11.8 Å². The third kappa shape index (κ3) is 4.35. The maximum Gasteiger partial charge on any atom is 0.251 e. The highest BCUT2D eigenvalue weighted by molar-refractivity contribution is 7.99. The van der Waals surface area contributed by atoms with Crippen LogP contribution in [0.5, 0.6) is 0 Å². The van der Waals surface area contributed by atoms with Gasteiger partial charge in [0.2, 0.25) is 0 Å². The molecule has 2 rings (SSSR count). The van der Waals surface area contributed by atoms with Gasteiger partial charge < -0.3 is 10.3 Å². The lowest BCUT2D eigenvalue weighted by atomic mass is 9.87. The van der Waals surface area contributed by atoms with E-state index in [-0.39, 0.29) is 5.56 Å². The first-order chi connectivity index (χ1) is 9.19. The first-order valence-electron chi connectivity index (χ1n) is 7.14. The Balaban J connectivity index is 2.02. The van der Waals surface area contributed by atoms with Gasteiger partial charge in [-0.25, -0.2) is 4.98 Å². The van der Waals surface area contributed by atoms with Crippen LogP contribution in [0.2, 0.25) is 0 Å². The van der Waals surface area contributed by atoms with Crippen molar-refractivity contribution in [1.82, 2.24) is 15.3 Å². The molecule has 0 amide bonds. The minimum Gasteiger partial charge on any atom is -0.313 e. The van der Waals surface area contributed by atoms with Gasteiger partial charge in [-0.05, 0) is 38.1 Å². The molecule has 0 radical (unpaired) electrons. The normalized spacial score (nSPS) is 27.4. The van der Waals surface area contributed by atoms with Crippen molar-refractivity contribution in [2.24, 2.45) is 5.92 Å². The molecule has 3 atom stereocenters. The molecule has 5 heteroatoms. The van der Waals surface area contributed by atoms with Gasteiger partial charge in [-0.1, -0.05) is 25.6 Å². The van der Waals surface area contributed by atoms with Crippen LogP contribution in [0.25, 0.3) is 0 Å². The zero-order valence-electron chi connectivity index (χ0n) is 11.7. The summed E-state index contributed by atoms with van der Waals surface area (Å²) < 4.78 is 0. The lowest BCUT2D eigenvalue weighted by molar-refractivity contribution is 0.317. The third-order valence-electron chi connectivity index (χ3n) is 3.62. The molecule has 0 bridgehead atoms. The van der Waals surface area contributed by atoms with Gasteiger partial charge in [0.15, 0.2) is 5.16 Å². The highest BCUT2D eigenvalue weighted by Crippen LogP contribution is 2.34. The average molecular weight is 281 g/mol. The number of H-pyrrole nitrogens is 1. The summed E-state index contributed by atoms with van der Waals surface area (Å²) in [6.07, 6.45) is 6.43. The Morgan fingerprint density at radius 3 is 3.11 bits per heavy atom. The molecule has 1 aromatic heterocycles. The fraction of sp³-hybridized carbons (Fsp3) is 0.714. The second kappa shape index (κ2) is 7.10. The molecule has 1 aliphatic carbocycles. The summed E-state index contributed by atoms with van der Waals surface area (Å²) in [4.78, 5) is 18.4. The van der Waals surface area contributed by atoms with Crippen molar-refractivity contribution in [2.75, 3.05) is 6.54 Å². The lowest BCUT2D eigenvalue weighted by Gasteiger charge is -2.34. The van der Waals surface area contributed by atoms with Gasteiger partial charge in [-0.2, -0.15) is 0 Å². The van der Waals surface area contributed by atoms with Crippen molar-refractivity contribution < 1.29 is 0 Å². The molecular formula is C14H23N3OS. The van der Waals surface area contributed by atoms with Crippen LogP contribution in [0.4, 0.5) is 0 Å². The van der Waals surface area contributed by atoms with E-state index in [1.807, 2.05) is 0 Å². The first-order valence-corrected chi connectivity index (χ1v) is 8.02. The second-order valence-corrected chi connectivity index (χ2v) is 6.60. The van der Waals surface area contributed by atoms with Crippen LogP contribution in [-0.4, -0.2) is 27.8 Å². The van der Waals surface area contributed by atoms with E-state index in [9.17, 15) is 4.79 Å². The number of hydrogen-bond acceptors (Lipinski definition) is 4. The topological polar surface area (TPSA) is 57.8 Å². The minimum atomic E-state index is -0.0700. The molecule has 0 saturated heterocycles. The number of aromatic nitrogens is 2. The Labute approximate surface area is 118 Å². The Kier molecular flexibility index (Phi) is 5.45. The molecule has 1 heterocycles. The second-order valence-electron chi connectivity index (χ2n) is 5.37. The zero-order valence-corrected chi connectivity index (χ0v) is 12.5. The fourth-order valence-electron chi connectivity index (χ4n) is 2.58. The maximum absolute atomic E-state index is 11.3. The number of aromatic amines is 1. The van der Waals surface area contributed by atoms with Crippen molar-refractivity contribution in [3.63, 3.8) is 0 Å². The molecule has 2 N–H and O–H groups in total. The summed E-state index contributed by atoms with van der Waals surface area (Å²) >= 11 is 1.71. The van der Waals surface area contributed by atoms with Crippen molar-refractivity contribution in [2.45, 2.75) is 56.0 Å². The molecule has 0 spiro atoms. The van der Waals surface area contributed by atoms with Gasteiger partial charge in [0, 0.05) is 23.6 Å². The van der Waals surface area contributed by atoms with Gasteiger partial charge in [-0.3, -0.25) is 4.79 Å². The number of rotatable bonds is 5. The van der Waals surface area contributed by atoms with Crippen LogP contribution < -0.4 is 10.9 Å². The van der Waals surface area contributed by atoms with Gasteiger partial charge >= 0.3 is 0 Å². The predicted octanol–water partition coefficient (Wildman–Crippen LogP) is 2.42. The third-order valence-corrected chi connectivity index (χ3v) is 4.88. The van der Waals surface area contributed by atoms with Crippen LogP contribution in [0.15, 0.2) is 22.2 Å². The molecule has 1 saturated carbocycles. The van der Waals surface area contributed by atoms with Crippen molar-refractivity contribution in [3.05, 3.63) is 22.6 Å². The number of nitrogens with one attached hydrogen (secondary N) is 2. The Bertz CT molecular complexity index is 446. The van der Waals surface area contributed by atoms with E-state index < -0.39 is 0 Å². The first kappa shape index (κ1) is 14.6. The summed E-state index contributed by atoms with van der Waals surface area (Å²) in [5, 5.41) is 4.88. The van der Waals surface area contributed by atoms with E-state index in [1.165, 1.54) is 25.3 Å². The smallest absolute Gasteiger partial charge is 0.251 e. The lowest BCUT2D eigenvalue weighted by Crippen LogP contribution is -2.42. The van der Waals surface area contributed by atoms with Crippen molar-refractivity contribution in [1.29, 1.82) is 0 Å². The largest absolute Gasteiger partial charge is 0.313 e. The summed E-state index contributed by atoms with van der Waals surface area (Å²) in [5.74, 6) is 0.757. The summed E-state index contributed by atoms with van der Waals surface area (Å²) in [7, 11) is 0.